The van der Waals surface area contributed by atoms with E-state index in [0.29, 0.717) is 0 Å². The fourth-order valence-electron chi connectivity index (χ4n) is 0.182. The minimum atomic E-state index is -3.39. The summed E-state index contributed by atoms with van der Waals surface area (Å²) >= 11 is 0. The van der Waals surface area contributed by atoms with E-state index < -0.39 is 7.44 Å². The summed E-state index contributed by atoms with van der Waals surface area (Å²) in [6, 6.07) is 0. The fourth-order valence-corrected chi connectivity index (χ4v) is 0.545. The van der Waals surface area contributed by atoms with Gasteiger partial charge in [-0.1, -0.05) is 7.44 Å². The van der Waals surface area contributed by atoms with Crippen molar-refractivity contribution in [1.29, 1.82) is 0 Å². The summed E-state index contributed by atoms with van der Waals surface area (Å²) in [4.78, 5) is 0. The largest absolute Gasteiger partial charge is 0.633 e. The van der Waals surface area contributed by atoms with E-state index in [-0.39, 0.29) is 69.5 Å². The Bertz CT molecular complexity index is 96.5. The third-order valence-corrected chi connectivity index (χ3v) is 0.933. The van der Waals surface area contributed by atoms with Gasteiger partial charge in [0.1, 0.15) is 0 Å². The van der Waals surface area contributed by atoms with Gasteiger partial charge in [-0.3, -0.25) is 0 Å². The maximum absolute atomic E-state index is 10.0. The molecule has 0 heterocycles. The van der Waals surface area contributed by atoms with Gasteiger partial charge >= 0.3 is 0 Å². The molecule has 0 amide bonds. The van der Waals surface area contributed by atoms with E-state index in [1.165, 1.54) is 7.11 Å². The fraction of sp³-hybridized carbons (Fsp3) is 1.00. The second-order valence-electron chi connectivity index (χ2n) is 1.16. The van der Waals surface area contributed by atoms with Crippen LogP contribution in [0.1, 0.15) is 0 Å². The Kier molecular flexibility index (Phi) is 25.4. The van der Waals surface area contributed by atoms with Crippen LogP contribution in [0.15, 0.2) is 0 Å². The number of nitrogens with one attached hydrogen (secondary N) is 2. The first-order chi connectivity index (χ1) is 3.06. The topological polar surface area (TPSA) is 73.9 Å². The van der Waals surface area contributed by atoms with E-state index in [4.69, 9.17) is 11.0 Å². The molecule has 0 aromatic heterocycles. The summed E-state index contributed by atoms with van der Waals surface area (Å²) in [5.74, 6) is 0. The molecule has 0 aliphatic carbocycles. The smallest absolute Gasteiger partial charge is 0.0644 e. The van der Waals surface area contributed by atoms with Crippen molar-refractivity contribution in [2.24, 2.45) is 0 Å². The zero-order chi connectivity index (χ0) is 5.91. The van der Waals surface area contributed by atoms with E-state index in [1.54, 1.807) is 0 Å². The van der Waals surface area contributed by atoms with Crippen LogP contribution in [0, 0.1) is 0 Å². The molecule has 0 radical (unpaired) electrons. The van der Waals surface area contributed by atoms with Crippen molar-refractivity contribution in [1.82, 2.24) is 0 Å². The van der Waals surface area contributed by atoms with Crippen molar-refractivity contribution in [3.05, 3.63) is 11.0 Å². The number of methoxy groups -OCH3 is 1. The molecule has 62 valence electrons. The van der Waals surface area contributed by atoms with Gasteiger partial charge in [0.05, 0.1) is 6.35 Å². The van der Waals surface area contributed by atoms with Crippen molar-refractivity contribution >= 4 is 7.44 Å². The number of hydrogen-bond donors (Lipinski definition) is 0. The van der Waals surface area contributed by atoms with Gasteiger partial charge in [-0.25, -0.2) is 0 Å². The Morgan fingerprint density at radius 3 is 1.60 bits per heavy atom. The summed E-state index contributed by atoms with van der Waals surface area (Å²) in [5, 5.41) is 0. The number of hydrogen-bond acceptors (Lipinski definition) is 2. The van der Waals surface area contributed by atoms with Crippen LogP contribution in [0.2, 0.25) is 0 Å². The molecule has 0 saturated carbocycles. The summed E-state index contributed by atoms with van der Waals surface area (Å²) in [6.07, 6.45) is -0.271. The molecule has 0 rings (SSSR count). The summed E-state index contributed by atoms with van der Waals surface area (Å²) in [7, 11) is -2.07. The van der Waals surface area contributed by atoms with Crippen LogP contribution < -0.4 is 0 Å². The molecular weight excluding hydrogens is 667 g/mol. The van der Waals surface area contributed by atoms with Crippen molar-refractivity contribution < 1.29 is 72.5 Å². The van der Waals surface area contributed by atoms with Crippen molar-refractivity contribution in [3.8, 4) is 0 Å². The SMILES string of the molecule is COCP([NH-])([NH-])=O.[W].[W].[W]. The van der Waals surface area contributed by atoms with Gasteiger partial charge in [-0.15, -0.1) is 0 Å². The van der Waals surface area contributed by atoms with Crippen molar-refractivity contribution in [3.63, 3.8) is 0 Å². The Morgan fingerprint density at radius 1 is 1.30 bits per heavy atom. The summed E-state index contributed by atoms with van der Waals surface area (Å²) < 4.78 is 14.3. The average Bonchev–Trinajstić information content (AvgIpc) is 1.30. The van der Waals surface area contributed by atoms with Gasteiger partial charge in [0.15, 0.2) is 0 Å². The van der Waals surface area contributed by atoms with Crippen LogP contribution in [-0.2, 0) is 72.5 Å². The van der Waals surface area contributed by atoms with Crippen molar-refractivity contribution in [2.75, 3.05) is 13.5 Å². The van der Waals surface area contributed by atoms with Crippen molar-refractivity contribution in [2.45, 2.75) is 0 Å². The second kappa shape index (κ2) is 11.2. The van der Waals surface area contributed by atoms with Gasteiger partial charge < -0.3 is 20.3 Å². The molecule has 10 heavy (non-hydrogen) atoms. The van der Waals surface area contributed by atoms with E-state index in [9.17, 15) is 4.57 Å². The Labute approximate surface area is 103 Å². The molecule has 0 atom stereocenters. The molecule has 0 aromatic rings. The molecule has 0 saturated heterocycles. The van der Waals surface area contributed by atoms with E-state index in [0.717, 1.165) is 0 Å². The normalized spacial score (nSPS) is 8.30. The predicted octanol–water partition coefficient (Wildman–Crippen LogP) is 1.88. The van der Waals surface area contributed by atoms with Gasteiger partial charge in [0, 0.05) is 70.3 Å². The third-order valence-electron chi connectivity index (χ3n) is 0.311. The standard InChI is InChI=1S/C2H7N2O2P.3W/c1-6-2-7(3,4)5;;;/h2H2,1H3,(H2-2,3,4,5);;;/q-2;;;. The average molecular weight is 674 g/mol. The maximum atomic E-state index is 10.0. The molecule has 8 heteroatoms. The maximum Gasteiger partial charge on any atom is 0.0644 e. The molecule has 0 aromatic carbocycles. The zero-order valence-corrected chi connectivity index (χ0v) is 14.9. The van der Waals surface area contributed by atoms with Crippen LogP contribution in [-0.4, -0.2) is 13.5 Å². The predicted molar refractivity (Wildman–Crippen MR) is 28.1 cm³/mol. The molecule has 0 bridgehead atoms. The second-order valence-corrected chi connectivity index (χ2v) is 2.90. The Hall–Kier alpha value is 2.17. The first kappa shape index (κ1) is 22.8. The van der Waals surface area contributed by atoms with E-state index in [2.05, 4.69) is 4.74 Å². The van der Waals surface area contributed by atoms with E-state index in [1.807, 2.05) is 0 Å². The third kappa shape index (κ3) is 22.5. The quantitative estimate of drug-likeness (QED) is 0.421. The monoisotopic (exact) mass is 674 g/mol. The van der Waals surface area contributed by atoms with Crippen LogP contribution in [0.3, 0.4) is 0 Å². The van der Waals surface area contributed by atoms with E-state index >= 15 is 0 Å². The van der Waals surface area contributed by atoms with Crippen LogP contribution in [0.5, 0.6) is 0 Å². The molecule has 0 aliphatic rings. The number of ether oxygens (including phenoxy) is 1. The Balaban J connectivity index is -0.0000000600. The molecule has 4 nitrogen and oxygen atoms in total. The van der Waals surface area contributed by atoms with Gasteiger partial charge in [-0.2, -0.15) is 0 Å². The minimum absolute atomic E-state index is 0. The molecule has 0 spiro atoms. The van der Waals surface area contributed by atoms with Crippen LogP contribution in [0.4, 0.5) is 0 Å². The summed E-state index contributed by atoms with van der Waals surface area (Å²) in [5.41, 5.74) is 12.9. The molecular formula is C2H7N2O2PW3-2. The van der Waals surface area contributed by atoms with Gasteiger partial charge in [-0.05, 0) is 0 Å². The zero-order valence-electron chi connectivity index (χ0n) is 5.20. The van der Waals surface area contributed by atoms with Crippen LogP contribution >= 0.6 is 7.44 Å². The molecule has 0 unspecified atom stereocenters. The van der Waals surface area contributed by atoms with Crippen LogP contribution in [0.25, 0.3) is 11.0 Å². The first-order valence-electron chi connectivity index (χ1n) is 1.64. The summed E-state index contributed by atoms with van der Waals surface area (Å²) in [6.45, 7) is 0. The first-order valence-corrected chi connectivity index (χ1v) is 3.53. The van der Waals surface area contributed by atoms with Gasteiger partial charge in [0.25, 0.3) is 0 Å². The molecule has 0 fully saturated rings. The van der Waals surface area contributed by atoms with Gasteiger partial charge in [0.2, 0.25) is 0 Å². The molecule has 0 aliphatic heterocycles. The Morgan fingerprint density at radius 2 is 1.60 bits per heavy atom. The number of rotatable bonds is 2. The minimum Gasteiger partial charge on any atom is -0.633 e. The molecule has 2 N–H and O–H groups in total.